The molecule has 0 N–H and O–H groups in total. The lowest BCUT2D eigenvalue weighted by Crippen LogP contribution is -2.35. The highest BCUT2D eigenvalue weighted by molar-refractivity contribution is 8.14. The number of halogens is 1. The Morgan fingerprint density at radius 1 is 1.28 bits per heavy atom. The third-order valence-corrected chi connectivity index (χ3v) is 5.29. The number of pyridine rings is 1. The van der Waals surface area contributed by atoms with Gasteiger partial charge in [-0.3, -0.25) is 14.7 Å². The summed E-state index contributed by atoms with van der Waals surface area (Å²) >= 11 is 7.57. The predicted molar refractivity (Wildman–Crippen MR) is 103 cm³/mol. The number of thioether (sulfide) groups is 1. The summed E-state index contributed by atoms with van der Waals surface area (Å²) < 4.78 is 1.83. The van der Waals surface area contributed by atoms with Gasteiger partial charge in [0.25, 0.3) is 5.91 Å². The van der Waals surface area contributed by atoms with Crippen molar-refractivity contribution in [3.05, 3.63) is 65.6 Å². The number of fused-ring (bicyclic) bond motifs is 1. The summed E-state index contributed by atoms with van der Waals surface area (Å²) in [5.74, 6) is 0.657. The molecule has 25 heavy (non-hydrogen) atoms. The number of nitrogens with zero attached hydrogens (tertiary/aromatic N) is 4. The number of anilines is 1. The van der Waals surface area contributed by atoms with Gasteiger partial charge in [-0.25, -0.2) is 4.98 Å². The second-order valence-corrected chi connectivity index (χ2v) is 7.20. The van der Waals surface area contributed by atoms with E-state index >= 15 is 0 Å². The molecule has 0 spiro atoms. The predicted octanol–water partition coefficient (Wildman–Crippen LogP) is 4.13. The van der Waals surface area contributed by atoms with Crippen molar-refractivity contribution in [2.45, 2.75) is 13.0 Å². The molecule has 126 valence electrons. The summed E-state index contributed by atoms with van der Waals surface area (Å²) in [5.41, 5.74) is 1.84. The van der Waals surface area contributed by atoms with Gasteiger partial charge in [-0.05, 0) is 43.3 Å². The van der Waals surface area contributed by atoms with Gasteiger partial charge < -0.3 is 4.40 Å². The van der Waals surface area contributed by atoms with Crippen molar-refractivity contribution in [3.8, 4) is 0 Å². The molecule has 0 aliphatic carbocycles. The maximum atomic E-state index is 13.2. The molecule has 5 nitrogen and oxygen atoms in total. The molecule has 1 aliphatic heterocycles. The summed E-state index contributed by atoms with van der Waals surface area (Å²) in [5, 5.41) is 1.31. The Morgan fingerprint density at radius 2 is 2.08 bits per heavy atom. The maximum absolute atomic E-state index is 13.2. The van der Waals surface area contributed by atoms with Gasteiger partial charge in [0.2, 0.25) is 0 Å². The third-order valence-electron chi connectivity index (χ3n) is 3.85. The fraction of sp³-hybridized carbons (Fsp3) is 0.167. The van der Waals surface area contributed by atoms with Crippen LogP contribution in [0, 0.1) is 0 Å². The van der Waals surface area contributed by atoms with Crippen LogP contribution >= 0.6 is 23.4 Å². The first-order valence-electron chi connectivity index (χ1n) is 7.86. The van der Waals surface area contributed by atoms with Crippen molar-refractivity contribution >= 4 is 45.8 Å². The molecule has 1 aliphatic rings. The van der Waals surface area contributed by atoms with Crippen LogP contribution in [0.15, 0.2) is 59.9 Å². The molecular weight excluding hydrogens is 356 g/mol. The Hall–Kier alpha value is -2.31. The first-order valence-corrected chi connectivity index (χ1v) is 9.22. The standard InChI is InChI=1S/C18H15ClN4OS/c1-12-11-25-18(20-12)23(14-7-5-13(19)6-8-14)17(24)15-10-22-9-3-2-4-16(22)21-15/h2-10,12H,11H2,1H3/t12-/m0/s1. The second kappa shape index (κ2) is 6.54. The number of hydrogen-bond donors (Lipinski definition) is 0. The number of amidine groups is 1. The van der Waals surface area contributed by atoms with Crippen LogP contribution < -0.4 is 4.90 Å². The molecule has 1 amide bonds. The van der Waals surface area contributed by atoms with E-state index in [1.807, 2.05) is 47.9 Å². The zero-order valence-electron chi connectivity index (χ0n) is 13.5. The highest BCUT2D eigenvalue weighted by atomic mass is 35.5. The van der Waals surface area contributed by atoms with E-state index in [-0.39, 0.29) is 11.9 Å². The van der Waals surface area contributed by atoms with Crippen LogP contribution in [0.4, 0.5) is 5.69 Å². The van der Waals surface area contributed by atoms with E-state index in [4.69, 9.17) is 11.6 Å². The summed E-state index contributed by atoms with van der Waals surface area (Å²) in [7, 11) is 0. The summed E-state index contributed by atoms with van der Waals surface area (Å²) in [6, 6.07) is 13.0. The van der Waals surface area contributed by atoms with Crippen molar-refractivity contribution in [2.24, 2.45) is 4.99 Å². The molecule has 0 saturated carbocycles. The van der Waals surface area contributed by atoms with Crippen molar-refractivity contribution in [1.82, 2.24) is 9.38 Å². The molecular formula is C18H15ClN4OS. The van der Waals surface area contributed by atoms with E-state index in [1.165, 1.54) is 0 Å². The summed E-state index contributed by atoms with van der Waals surface area (Å²) in [6.07, 6.45) is 3.61. The number of aliphatic imine (C=N–C) groups is 1. The molecule has 0 unspecified atom stereocenters. The minimum absolute atomic E-state index is 0.184. The van der Waals surface area contributed by atoms with Gasteiger partial charge in [-0.2, -0.15) is 0 Å². The molecule has 7 heteroatoms. The fourth-order valence-corrected chi connectivity index (χ4v) is 3.80. The lowest BCUT2D eigenvalue weighted by molar-refractivity contribution is 0.0999. The van der Waals surface area contributed by atoms with Crippen molar-refractivity contribution in [3.63, 3.8) is 0 Å². The average Bonchev–Trinajstić information content (AvgIpc) is 3.23. The molecule has 0 bridgehead atoms. The maximum Gasteiger partial charge on any atom is 0.284 e. The first-order chi connectivity index (χ1) is 12.1. The van der Waals surface area contributed by atoms with Gasteiger partial charge in [-0.1, -0.05) is 29.4 Å². The number of carbonyl (C=O) groups excluding carboxylic acids is 1. The minimum atomic E-state index is -0.202. The Kier molecular flexibility index (Phi) is 4.23. The SMILES string of the molecule is C[C@H]1CSC(N(C(=O)c2cn3ccccc3n2)c2ccc(Cl)cc2)=N1. The molecule has 2 aromatic heterocycles. The van der Waals surface area contributed by atoms with E-state index in [2.05, 4.69) is 9.98 Å². The van der Waals surface area contributed by atoms with Gasteiger partial charge in [0.1, 0.15) is 11.3 Å². The van der Waals surface area contributed by atoms with Gasteiger partial charge in [0.15, 0.2) is 5.17 Å². The third kappa shape index (κ3) is 3.15. The van der Waals surface area contributed by atoms with Crippen LogP contribution in [0.3, 0.4) is 0 Å². The highest BCUT2D eigenvalue weighted by Crippen LogP contribution is 2.28. The Bertz CT molecular complexity index is 934. The van der Waals surface area contributed by atoms with Gasteiger partial charge in [0.05, 0.1) is 11.7 Å². The number of hydrogen-bond acceptors (Lipinski definition) is 4. The molecule has 3 aromatic rings. The fourth-order valence-electron chi connectivity index (χ4n) is 2.64. The van der Waals surface area contributed by atoms with E-state index in [1.54, 1.807) is 35.0 Å². The largest absolute Gasteiger partial charge is 0.306 e. The van der Waals surface area contributed by atoms with Gasteiger partial charge >= 0.3 is 0 Å². The van der Waals surface area contributed by atoms with Crippen molar-refractivity contribution in [1.29, 1.82) is 0 Å². The van der Waals surface area contributed by atoms with E-state index in [9.17, 15) is 4.79 Å². The molecule has 3 heterocycles. The second-order valence-electron chi connectivity index (χ2n) is 5.78. The normalized spacial score (nSPS) is 16.9. The Labute approximate surface area is 154 Å². The number of amides is 1. The number of rotatable bonds is 2. The molecule has 1 aromatic carbocycles. The number of aromatic nitrogens is 2. The first kappa shape index (κ1) is 16.2. The van der Waals surface area contributed by atoms with E-state index in [0.29, 0.717) is 15.9 Å². The molecule has 1 atom stereocenters. The number of imidazole rings is 1. The van der Waals surface area contributed by atoms with Gasteiger partial charge in [0, 0.05) is 23.2 Å². The molecule has 0 radical (unpaired) electrons. The van der Waals surface area contributed by atoms with Crippen LogP contribution in [0.25, 0.3) is 5.65 Å². The van der Waals surface area contributed by atoms with E-state index < -0.39 is 0 Å². The molecule has 4 rings (SSSR count). The Morgan fingerprint density at radius 3 is 2.76 bits per heavy atom. The summed E-state index contributed by atoms with van der Waals surface area (Å²) in [4.78, 5) is 23.9. The highest BCUT2D eigenvalue weighted by Gasteiger charge is 2.29. The smallest absolute Gasteiger partial charge is 0.284 e. The summed E-state index contributed by atoms with van der Waals surface area (Å²) in [6.45, 7) is 2.04. The molecule has 0 saturated heterocycles. The zero-order valence-corrected chi connectivity index (χ0v) is 15.0. The van der Waals surface area contributed by atoms with E-state index in [0.717, 1.165) is 17.1 Å². The average molecular weight is 371 g/mol. The quantitative estimate of drug-likeness (QED) is 0.681. The topological polar surface area (TPSA) is 50.0 Å². The van der Waals surface area contributed by atoms with Crippen LogP contribution in [-0.2, 0) is 0 Å². The van der Waals surface area contributed by atoms with Crippen LogP contribution in [0.1, 0.15) is 17.4 Å². The number of carbonyl (C=O) groups is 1. The lowest BCUT2D eigenvalue weighted by Gasteiger charge is -2.21. The van der Waals surface area contributed by atoms with Crippen molar-refractivity contribution in [2.75, 3.05) is 10.7 Å². The van der Waals surface area contributed by atoms with Crippen LogP contribution in [-0.4, -0.2) is 32.3 Å². The zero-order chi connectivity index (χ0) is 17.4. The number of benzene rings is 1. The monoisotopic (exact) mass is 370 g/mol. The Balaban J connectivity index is 1.77. The van der Waals surface area contributed by atoms with Gasteiger partial charge in [-0.15, -0.1) is 0 Å². The van der Waals surface area contributed by atoms with Crippen molar-refractivity contribution < 1.29 is 4.79 Å². The molecule has 0 fully saturated rings. The van der Waals surface area contributed by atoms with Crippen LogP contribution in [0.5, 0.6) is 0 Å². The van der Waals surface area contributed by atoms with Crippen LogP contribution in [0.2, 0.25) is 5.02 Å². The lowest BCUT2D eigenvalue weighted by atomic mass is 10.2. The minimum Gasteiger partial charge on any atom is -0.306 e.